The Bertz CT molecular complexity index is 1930. The number of halogens is 3. The average molecular weight is 625 g/mol. The number of carbonyl (C=O) groups is 1. The van der Waals surface area contributed by atoms with E-state index in [0.717, 1.165) is 24.0 Å². The molecule has 44 heavy (non-hydrogen) atoms. The van der Waals surface area contributed by atoms with Crippen molar-refractivity contribution in [1.82, 2.24) is 19.1 Å². The normalized spacial score (nSPS) is 15.3. The maximum atomic E-state index is 15.1. The summed E-state index contributed by atoms with van der Waals surface area (Å²) in [7, 11) is -3.32. The summed E-state index contributed by atoms with van der Waals surface area (Å²) in [5.74, 6) is -3.14. The smallest absolute Gasteiger partial charge is 0.219 e. The molecule has 2 N–H and O–H groups in total. The summed E-state index contributed by atoms with van der Waals surface area (Å²) in [6, 6.07) is 7.92. The Morgan fingerprint density at radius 1 is 0.977 bits per heavy atom. The van der Waals surface area contributed by atoms with Crippen molar-refractivity contribution in [3.63, 3.8) is 0 Å². The van der Waals surface area contributed by atoms with E-state index in [9.17, 15) is 22.0 Å². The van der Waals surface area contributed by atoms with Gasteiger partial charge in [0.1, 0.15) is 11.6 Å². The highest BCUT2D eigenvalue weighted by Gasteiger charge is 2.29. The zero-order chi connectivity index (χ0) is 31.3. The number of fused-ring (bicyclic) bond motifs is 1. The summed E-state index contributed by atoms with van der Waals surface area (Å²) in [4.78, 5) is 19.4. The van der Waals surface area contributed by atoms with E-state index in [-0.39, 0.29) is 42.6 Å². The van der Waals surface area contributed by atoms with E-state index < -0.39 is 33.2 Å². The molecule has 0 saturated carbocycles. The maximum Gasteiger partial charge on any atom is 0.219 e. The molecular weight excluding hydrogens is 597 g/mol. The van der Waals surface area contributed by atoms with Gasteiger partial charge in [0.2, 0.25) is 21.7 Å². The molecule has 0 spiro atoms. The number of rotatable bonds is 7. The lowest BCUT2D eigenvalue weighted by molar-refractivity contribution is 0.103. The molecular formula is C30H27F3N6O4S. The average Bonchev–Trinajstić information content (AvgIpc) is 3.57. The van der Waals surface area contributed by atoms with Crippen LogP contribution in [0.4, 0.5) is 24.7 Å². The number of piperazine rings is 1. The fraction of sp³-hybridized carbons (Fsp3) is 0.233. The largest absolute Gasteiger partial charge is 0.433 e. The zero-order valence-corrected chi connectivity index (χ0v) is 24.5. The number of aromatic nitrogens is 3. The molecule has 2 aromatic heterocycles. The van der Waals surface area contributed by atoms with Crippen molar-refractivity contribution in [1.29, 1.82) is 0 Å². The van der Waals surface area contributed by atoms with Crippen LogP contribution in [0.2, 0.25) is 0 Å². The predicted octanol–water partition coefficient (Wildman–Crippen LogP) is 4.27. The third-order valence-corrected chi connectivity index (χ3v) is 9.03. The molecule has 0 atom stereocenters. The van der Waals surface area contributed by atoms with Crippen molar-refractivity contribution in [2.24, 2.45) is 0 Å². The van der Waals surface area contributed by atoms with Crippen LogP contribution in [-0.4, -0.2) is 65.7 Å². The number of sulfonamides is 1. The highest BCUT2D eigenvalue weighted by molar-refractivity contribution is 7.88. The van der Waals surface area contributed by atoms with E-state index in [0.29, 0.717) is 41.2 Å². The second kappa shape index (κ2) is 11.1. The van der Waals surface area contributed by atoms with E-state index in [4.69, 9.17) is 10.5 Å². The van der Waals surface area contributed by atoms with E-state index in [2.05, 4.69) is 10.1 Å². The van der Waals surface area contributed by atoms with Crippen molar-refractivity contribution in [3.05, 3.63) is 94.1 Å². The number of allylic oxidation sites excluding steroid dienone is 1. The third kappa shape index (κ3) is 5.42. The number of benzene rings is 2. The first kappa shape index (κ1) is 29.4. The minimum absolute atomic E-state index is 0.0463. The lowest BCUT2D eigenvalue weighted by Crippen LogP contribution is -2.48. The van der Waals surface area contributed by atoms with Crippen LogP contribution in [0.5, 0.6) is 11.6 Å². The Labute approximate surface area is 251 Å². The van der Waals surface area contributed by atoms with Gasteiger partial charge in [0, 0.05) is 44.2 Å². The molecule has 0 bridgehead atoms. The number of hydrogen-bond donors (Lipinski definition) is 1. The van der Waals surface area contributed by atoms with Gasteiger partial charge in [-0.1, -0.05) is 6.07 Å². The third-order valence-electron chi connectivity index (χ3n) is 7.72. The van der Waals surface area contributed by atoms with Crippen LogP contribution in [-0.2, 0) is 16.4 Å². The number of nitrogens with two attached hydrogens (primary N) is 1. The van der Waals surface area contributed by atoms with Gasteiger partial charge in [-0.2, -0.15) is 9.40 Å². The molecule has 3 heterocycles. The van der Waals surface area contributed by atoms with Crippen LogP contribution in [0, 0.1) is 24.4 Å². The van der Waals surface area contributed by atoms with Gasteiger partial charge >= 0.3 is 0 Å². The molecule has 1 saturated heterocycles. The second-order valence-corrected chi connectivity index (χ2v) is 12.6. The number of anilines is 2. The van der Waals surface area contributed by atoms with Crippen molar-refractivity contribution in [3.8, 4) is 17.3 Å². The number of carbonyl (C=O) groups excluding carboxylic acids is 1. The van der Waals surface area contributed by atoms with E-state index in [1.807, 2.05) is 0 Å². The molecule has 1 fully saturated rings. The van der Waals surface area contributed by atoms with Crippen molar-refractivity contribution in [2.45, 2.75) is 13.3 Å². The number of ketones is 1. The number of pyridine rings is 1. The SMILES string of the molecule is Cc1cc(Oc2c(F)cccc2F)ncc1-n1ncc(C(=O)C2=Cc3cc(F)c(N4CCN(S(C)(=O)=O)CC4)cc3C2)c1N. The van der Waals surface area contributed by atoms with Crippen LogP contribution in [0.25, 0.3) is 11.8 Å². The zero-order valence-electron chi connectivity index (χ0n) is 23.7. The Morgan fingerprint density at radius 2 is 1.68 bits per heavy atom. The van der Waals surface area contributed by atoms with Crippen molar-refractivity contribution in [2.75, 3.05) is 43.1 Å². The Hall–Kier alpha value is -4.69. The van der Waals surface area contributed by atoms with Crippen molar-refractivity contribution >= 4 is 33.4 Å². The van der Waals surface area contributed by atoms with Gasteiger partial charge in [-0.05, 0) is 54.0 Å². The highest BCUT2D eigenvalue weighted by Crippen LogP contribution is 2.35. The standard InChI is InChI=1S/C30H27F3N6O4S/c1-17-10-27(43-29-22(31)4-3-5-23(29)32)35-16-26(17)39-30(34)21(15-36-39)28(40)20-11-18-13-24(33)25(14-19(18)12-20)37-6-8-38(9-7-37)44(2,41)42/h3-5,10-11,13-16H,6-9,12,34H2,1-2H3. The summed E-state index contributed by atoms with van der Waals surface area (Å²) in [6.07, 6.45) is 5.75. The highest BCUT2D eigenvalue weighted by atomic mass is 32.2. The number of para-hydroxylation sites is 1. The molecule has 0 unspecified atom stereocenters. The molecule has 0 radical (unpaired) electrons. The Morgan fingerprint density at radius 3 is 2.34 bits per heavy atom. The lowest BCUT2D eigenvalue weighted by atomic mass is 10.0. The number of aryl methyl sites for hydroxylation is 1. The molecule has 2 aromatic carbocycles. The Kier molecular flexibility index (Phi) is 7.41. The molecule has 4 aromatic rings. The summed E-state index contributed by atoms with van der Waals surface area (Å²) in [5, 5.41) is 4.27. The van der Waals surface area contributed by atoms with Gasteiger partial charge in [-0.15, -0.1) is 0 Å². The van der Waals surface area contributed by atoms with E-state index >= 15 is 4.39 Å². The number of nitrogen functional groups attached to an aromatic ring is 1. The number of ether oxygens (including phenoxy) is 1. The Balaban J connectivity index is 1.19. The molecule has 228 valence electrons. The van der Waals surface area contributed by atoms with Gasteiger partial charge in [0.25, 0.3) is 0 Å². The molecule has 10 nitrogen and oxygen atoms in total. The van der Waals surface area contributed by atoms with Gasteiger partial charge in [0.05, 0.1) is 35.6 Å². The molecule has 1 aliphatic heterocycles. The van der Waals surface area contributed by atoms with E-state index in [1.54, 1.807) is 24.0 Å². The molecule has 14 heteroatoms. The first-order valence-electron chi connectivity index (χ1n) is 13.6. The quantitative estimate of drug-likeness (QED) is 0.303. The predicted molar refractivity (Wildman–Crippen MR) is 158 cm³/mol. The van der Waals surface area contributed by atoms with Crippen LogP contribution in [0.1, 0.15) is 27.0 Å². The number of nitrogens with zero attached hydrogens (tertiary/aromatic N) is 5. The van der Waals surface area contributed by atoms with Gasteiger partial charge in [-0.3, -0.25) is 4.79 Å². The van der Waals surface area contributed by atoms with Crippen LogP contribution in [0.3, 0.4) is 0 Å². The maximum absolute atomic E-state index is 15.1. The van der Waals surface area contributed by atoms with Gasteiger partial charge in [-0.25, -0.2) is 31.3 Å². The topological polar surface area (TPSA) is 124 Å². The second-order valence-electron chi connectivity index (χ2n) is 10.6. The van der Waals surface area contributed by atoms with Gasteiger partial charge < -0.3 is 15.4 Å². The van der Waals surface area contributed by atoms with Crippen molar-refractivity contribution < 1.29 is 31.1 Å². The van der Waals surface area contributed by atoms with Crippen LogP contribution >= 0.6 is 0 Å². The fourth-order valence-corrected chi connectivity index (χ4v) is 6.21. The first-order chi connectivity index (χ1) is 20.9. The minimum atomic E-state index is -3.32. The summed E-state index contributed by atoms with van der Waals surface area (Å²) < 4.78 is 74.8. The minimum Gasteiger partial charge on any atom is -0.433 e. The van der Waals surface area contributed by atoms with Gasteiger partial charge in [0.15, 0.2) is 17.4 Å². The summed E-state index contributed by atoms with van der Waals surface area (Å²) >= 11 is 0. The van der Waals surface area contributed by atoms with E-state index in [1.165, 1.54) is 39.6 Å². The molecule has 1 aliphatic carbocycles. The fourth-order valence-electron chi connectivity index (χ4n) is 5.38. The number of Topliss-reactive ketones (excluding diaryl/α,β-unsaturated/α-hetero) is 1. The van der Waals surface area contributed by atoms with Crippen LogP contribution in [0.15, 0.2) is 54.4 Å². The lowest BCUT2D eigenvalue weighted by Gasteiger charge is -2.35. The summed E-state index contributed by atoms with van der Waals surface area (Å²) in [6.45, 7) is 2.91. The monoisotopic (exact) mass is 624 g/mol. The first-order valence-corrected chi connectivity index (χ1v) is 15.5. The molecule has 0 amide bonds. The summed E-state index contributed by atoms with van der Waals surface area (Å²) in [5.41, 5.74) is 9.60. The molecule has 2 aliphatic rings. The number of hydrogen-bond acceptors (Lipinski definition) is 8. The molecule has 6 rings (SSSR count). The van der Waals surface area contributed by atoms with Crippen LogP contribution < -0.4 is 15.4 Å².